The van der Waals surface area contributed by atoms with Gasteiger partial charge < -0.3 is 10.2 Å². The van der Waals surface area contributed by atoms with E-state index in [1.54, 1.807) is 0 Å². The van der Waals surface area contributed by atoms with Crippen LogP contribution in [0.1, 0.15) is 143 Å². The number of hydrogen-bond acceptors (Lipinski definition) is 2. The monoisotopic (exact) mass is 412 g/mol. The zero-order valence-corrected chi connectivity index (χ0v) is 20.0. The molecule has 0 aromatic rings. The predicted octanol–water partition coefficient (Wildman–Crippen LogP) is 8.14. The van der Waals surface area contributed by atoms with Crippen molar-refractivity contribution in [3.8, 4) is 0 Å². The lowest BCUT2D eigenvalue weighted by atomic mass is 9.70. The van der Waals surface area contributed by atoms with Crippen molar-refractivity contribution < 1.29 is 15.0 Å². The fraction of sp³-hybridized carbons (Fsp3) is 0.962. The molecule has 0 aromatic heterocycles. The average molecular weight is 413 g/mol. The first-order chi connectivity index (χ1) is 14.0. The van der Waals surface area contributed by atoms with Crippen LogP contribution in [0.25, 0.3) is 0 Å². The molecule has 0 saturated carbocycles. The Balaban J connectivity index is 4.31. The van der Waals surface area contributed by atoms with Gasteiger partial charge in [-0.2, -0.15) is 0 Å². The van der Waals surface area contributed by atoms with Crippen LogP contribution in [0, 0.1) is 11.3 Å². The third-order valence-corrected chi connectivity index (χ3v) is 6.83. The van der Waals surface area contributed by atoms with Gasteiger partial charge in [-0.1, -0.05) is 117 Å². The van der Waals surface area contributed by atoms with Crippen LogP contribution in [-0.4, -0.2) is 22.8 Å². The Morgan fingerprint density at radius 2 is 1.03 bits per heavy atom. The number of aliphatic hydroxyl groups excluding tert-OH is 1. The maximum absolute atomic E-state index is 12.0. The largest absolute Gasteiger partial charge is 0.481 e. The van der Waals surface area contributed by atoms with E-state index in [-0.39, 0.29) is 12.5 Å². The van der Waals surface area contributed by atoms with Crippen molar-refractivity contribution in [1.29, 1.82) is 0 Å². The molecule has 0 aliphatic heterocycles. The predicted molar refractivity (Wildman–Crippen MR) is 125 cm³/mol. The maximum atomic E-state index is 12.0. The molecule has 0 fully saturated rings. The summed E-state index contributed by atoms with van der Waals surface area (Å²) in [6.45, 7) is 6.33. The minimum atomic E-state index is -0.781. The van der Waals surface area contributed by atoms with Crippen LogP contribution in [0.15, 0.2) is 0 Å². The number of rotatable bonds is 22. The molecule has 0 aliphatic carbocycles. The maximum Gasteiger partial charge on any atom is 0.309 e. The van der Waals surface area contributed by atoms with Crippen molar-refractivity contribution >= 4 is 5.97 Å². The lowest BCUT2D eigenvalue weighted by Gasteiger charge is -2.34. The van der Waals surface area contributed by atoms with E-state index in [9.17, 15) is 15.0 Å². The molecule has 0 amide bonds. The average Bonchev–Trinajstić information content (AvgIpc) is 2.70. The first-order valence-corrected chi connectivity index (χ1v) is 12.9. The van der Waals surface area contributed by atoms with E-state index >= 15 is 0 Å². The molecule has 174 valence electrons. The van der Waals surface area contributed by atoms with E-state index in [0.29, 0.717) is 6.42 Å². The number of aliphatic hydroxyl groups is 1. The highest BCUT2D eigenvalue weighted by Crippen LogP contribution is 2.39. The molecule has 3 heteroatoms. The van der Waals surface area contributed by atoms with Gasteiger partial charge in [-0.25, -0.2) is 0 Å². The second-order valence-corrected chi connectivity index (χ2v) is 9.42. The van der Waals surface area contributed by atoms with Crippen LogP contribution in [-0.2, 0) is 4.79 Å². The lowest BCUT2D eigenvalue weighted by molar-refractivity contribution is -0.153. The van der Waals surface area contributed by atoms with E-state index in [2.05, 4.69) is 13.8 Å². The van der Waals surface area contributed by atoms with E-state index in [4.69, 9.17) is 0 Å². The smallest absolute Gasteiger partial charge is 0.309 e. The third kappa shape index (κ3) is 14.1. The summed E-state index contributed by atoms with van der Waals surface area (Å²) >= 11 is 0. The van der Waals surface area contributed by atoms with Gasteiger partial charge >= 0.3 is 5.97 Å². The number of unbranched alkanes of at least 4 members (excludes halogenated alkanes) is 14. The van der Waals surface area contributed by atoms with Gasteiger partial charge in [0.25, 0.3) is 0 Å². The number of carbonyl (C=O) groups is 1. The van der Waals surface area contributed by atoms with Crippen LogP contribution >= 0.6 is 0 Å². The molecular weight excluding hydrogens is 360 g/mol. The van der Waals surface area contributed by atoms with Crippen molar-refractivity contribution in [2.24, 2.45) is 11.3 Å². The van der Waals surface area contributed by atoms with E-state index in [1.807, 2.05) is 6.92 Å². The normalized spacial score (nSPS) is 13.7. The Kier molecular flexibility index (Phi) is 19.0. The molecule has 0 radical (unpaired) electrons. The molecule has 29 heavy (non-hydrogen) atoms. The first-order valence-electron chi connectivity index (χ1n) is 12.9. The molecule has 0 aromatic carbocycles. The summed E-state index contributed by atoms with van der Waals surface area (Å²) < 4.78 is 0. The summed E-state index contributed by atoms with van der Waals surface area (Å²) in [6.07, 6.45) is 22.9. The van der Waals surface area contributed by atoms with Gasteiger partial charge in [-0.3, -0.25) is 4.79 Å². The highest BCUT2D eigenvalue weighted by atomic mass is 16.4. The highest BCUT2D eigenvalue weighted by Gasteiger charge is 2.40. The van der Waals surface area contributed by atoms with Crippen molar-refractivity contribution in [1.82, 2.24) is 0 Å². The fourth-order valence-electron chi connectivity index (χ4n) is 4.55. The van der Waals surface area contributed by atoms with Gasteiger partial charge in [0, 0.05) is 6.61 Å². The number of carboxylic acid groups (broad SMARTS) is 1. The van der Waals surface area contributed by atoms with Gasteiger partial charge in [0.05, 0.1) is 5.41 Å². The molecule has 0 heterocycles. The summed E-state index contributed by atoms with van der Waals surface area (Å²) in [4.78, 5) is 12.0. The summed E-state index contributed by atoms with van der Waals surface area (Å²) in [5, 5.41) is 19.3. The molecule has 0 saturated heterocycles. The van der Waals surface area contributed by atoms with Crippen molar-refractivity contribution in [3.05, 3.63) is 0 Å². The number of hydrogen-bond donors (Lipinski definition) is 2. The van der Waals surface area contributed by atoms with Gasteiger partial charge in [-0.05, 0) is 32.1 Å². The summed E-state index contributed by atoms with van der Waals surface area (Å²) in [5.74, 6) is -0.539. The summed E-state index contributed by atoms with van der Waals surface area (Å²) in [6, 6.07) is 0. The van der Waals surface area contributed by atoms with E-state index in [1.165, 1.54) is 89.9 Å². The van der Waals surface area contributed by atoms with E-state index in [0.717, 1.165) is 25.7 Å². The zero-order chi connectivity index (χ0) is 21.8. The Morgan fingerprint density at radius 3 is 1.34 bits per heavy atom. The second-order valence-electron chi connectivity index (χ2n) is 9.42. The second kappa shape index (κ2) is 19.4. The molecule has 1 unspecified atom stereocenters. The highest BCUT2D eigenvalue weighted by molar-refractivity contribution is 5.74. The Morgan fingerprint density at radius 1 is 0.690 bits per heavy atom. The standard InChI is InChI=1S/C26H52O3/c1-4-6-8-10-12-14-16-18-20-24(26(3,22-23-27)25(28)29)21-19-17-15-13-11-9-7-5-2/h24,27H,4-23H2,1-3H3,(H,28,29). The molecule has 2 N–H and O–H groups in total. The SMILES string of the molecule is CCCCCCCCCCC(CCCCCCCCCC)C(C)(CCO)C(=O)O. The van der Waals surface area contributed by atoms with Crippen LogP contribution in [0.2, 0.25) is 0 Å². The number of carboxylic acids is 1. The van der Waals surface area contributed by atoms with Gasteiger partial charge in [0.1, 0.15) is 0 Å². The number of aliphatic carboxylic acids is 1. The Bertz CT molecular complexity index is 349. The van der Waals surface area contributed by atoms with Crippen molar-refractivity contribution in [3.63, 3.8) is 0 Å². The minimum Gasteiger partial charge on any atom is -0.481 e. The fourth-order valence-corrected chi connectivity index (χ4v) is 4.55. The van der Waals surface area contributed by atoms with Crippen LogP contribution in [0.4, 0.5) is 0 Å². The van der Waals surface area contributed by atoms with E-state index < -0.39 is 11.4 Å². The topological polar surface area (TPSA) is 57.5 Å². The van der Waals surface area contributed by atoms with Crippen LogP contribution in [0.5, 0.6) is 0 Å². The summed E-state index contributed by atoms with van der Waals surface area (Å²) in [7, 11) is 0. The van der Waals surface area contributed by atoms with Gasteiger partial charge in [0.2, 0.25) is 0 Å². The third-order valence-electron chi connectivity index (χ3n) is 6.83. The quantitative estimate of drug-likeness (QED) is 0.176. The summed E-state index contributed by atoms with van der Waals surface area (Å²) in [5.41, 5.74) is -0.781. The molecule has 0 bridgehead atoms. The molecule has 3 nitrogen and oxygen atoms in total. The molecule has 1 atom stereocenters. The zero-order valence-electron chi connectivity index (χ0n) is 20.0. The van der Waals surface area contributed by atoms with Gasteiger partial charge in [-0.15, -0.1) is 0 Å². The van der Waals surface area contributed by atoms with Crippen molar-refractivity contribution in [2.45, 2.75) is 143 Å². The molecule has 0 aliphatic rings. The lowest BCUT2D eigenvalue weighted by Crippen LogP contribution is -2.37. The van der Waals surface area contributed by atoms with Crippen LogP contribution < -0.4 is 0 Å². The van der Waals surface area contributed by atoms with Crippen molar-refractivity contribution in [2.75, 3.05) is 6.61 Å². The first kappa shape index (κ1) is 28.4. The minimum absolute atomic E-state index is 0.0336. The Hall–Kier alpha value is -0.570. The molecular formula is C26H52O3. The molecule has 0 spiro atoms. The van der Waals surface area contributed by atoms with Crippen LogP contribution in [0.3, 0.4) is 0 Å². The van der Waals surface area contributed by atoms with Gasteiger partial charge in [0.15, 0.2) is 0 Å². The Labute approximate surface area is 182 Å². The molecule has 0 rings (SSSR count).